The van der Waals surface area contributed by atoms with Crippen molar-refractivity contribution in [2.24, 2.45) is 0 Å². The van der Waals surface area contributed by atoms with Gasteiger partial charge in [-0.15, -0.1) is 0 Å². The van der Waals surface area contributed by atoms with Crippen LogP contribution in [0, 0.1) is 6.92 Å². The molecule has 3 heterocycles. The van der Waals surface area contributed by atoms with Gasteiger partial charge in [-0.05, 0) is 37.3 Å². The van der Waals surface area contributed by atoms with E-state index in [2.05, 4.69) is 5.32 Å². The van der Waals surface area contributed by atoms with Gasteiger partial charge in [0, 0.05) is 18.9 Å². The topological polar surface area (TPSA) is 59.8 Å². The van der Waals surface area contributed by atoms with E-state index in [1.54, 1.807) is 12.3 Å². The number of aryl methyl sites for hydroxylation is 1. The van der Waals surface area contributed by atoms with Crippen molar-refractivity contribution in [2.45, 2.75) is 25.8 Å². The number of likely N-dealkylation sites (tertiary alicyclic amines) is 1. The molecular weight excluding hydrogens is 292 g/mol. The normalized spacial score (nSPS) is 16.9. The molecule has 1 aliphatic rings. The molecule has 0 radical (unpaired) electrons. The molecule has 2 aromatic rings. The van der Waals surface area contributed by atoms with Crippen LogP contribution in [0.3, 0.4) is 0 Å². The van der Waals surface area contributed by atoms with Crippen LogP contribution in [-0.2, 0) is 4.79 Å². The second-order valence-electron chi connectivity index (χ2n) is 5.96. The van der Waals surface area contributed by atoms with Crippen molar-refractivity contribution >= 4 is 12.0 Å². The molecule has 2 N–H and O–H groups in total. The average molecular weight is 315 g/mol. The highest BCUT2D eigenvalue weighted by molar-refractivity contribution is 5.91. The number of amides is 1. The lowest BCUT2D eigenvalue weighted by molar-refractivity contribution is -0.919. The zero-order valence-electron chi connectivity index (χ0n) is 13.4. The van der Waals surface area contributed by atoms with Crippen molar-refractivity contribution < 1.29 is 18.5 Å². The maximum absolute atomic E-state index is 12.0. The maximum atomic E-state index is 12.0. The first-order valence-electron chi connectivity index (χ1n) is 8.13. The number of carbonyl (C=O) groups is 1. The van der Waals surface area contributed by atoms with Gasteiger partial charge in [-0.3, -0.25) is 4.79 Å². The van der Waals surface area contributed by atoms with E-state index in [0.29, 0.717) is 12.3 Å². The van der Waals surface area contributed by atoms with Gasteiger partial charge in [0.2, 0.25) is 5.91 Å². The zero-order valence-corrected chi connectivity index (χ0v) is 13.4. The van der Waals surface area contributed by atoms with E-state index in [-0.39, 0.29) is 11.9 Å². The van der Waals surface area contributed by atoms with Gasteiger partial charge in [-0.2, -0.15) is 0 Å². The Balaban J connectivity index is 1.57. The van der Waals surface area contributed by atoms with E-state index in [4.69, 9.17) is 8.83 Å². The molecule has 1 aliphatic heterocycles. The van der Waals surface area contributed by atoms with Crippen molar-refractivity contribution in [3.63, 3.8) is 0 Å². The molecule has 0 unspecified atom stereocenters. The van der Waals surface area contributed by atoms with Crippen molar-refractivity contribution in [2.75, 3.05) is 19.6 Å². The van der Waals surface area contributed by atoms with E-state index in [0.717, 1.165) is 24.6 Å². The number of rotatable bonds is 6. The third-order valence-electron chi connectivity index (χ3n) is 4.27. The average Bonchev–Trinajstić information content (AvgIpc) is 3.28. The molecule has 1 atom stereocenters. The molecule has 1 saturated heterocycles. The number of hydrogen-bond acceptors (Lipinski definition) is 3. The molecule has 2 aromatic heterocycles. The number of quaternary nitrogens is 1. The second kappa shape index (κ2) is 7.33. The quantitative estimate of drug-likeness (QED) is 0.798. The fourth-order valence-electron chi connectivity index (χ4n) is 3.08. The minimum absolute atomic E-state index is 0.116. The Kier molecular flexibility index (Phi) is 4.98. The lowest BCUT2D eigenvalue weighted by Gasteiger charge is -2.22. The number of hydrogen-bond donors (Lipinski definition) is 2. The van der Waals surface area contributed by atoms with Crippen LogP contribution >= 0.6 is 0 Å². The molecule has 0 spiro atoms. The van der Waals surface area contributed by atoms with Gasteiger partial charge in [-0.25, -0.2) is 0 Å². The van der Waals surface area contributed by atoms with E-state index in [1.807, 2.05) is 31.2 Å². The number of furan rings is 2. The largest absolute Gasteiger partial charge is 0.463 e. The van der Waals surface area contributed by atoms with Gasteiger partial charge in [0.1, 0.15) is 11.5 Å². The Bertz CT molecular complexity index is 652. The Morgan fingerprint density at radius 2 is 2.17 bits per heavy atom. The smallest absolute Gasteiger partial charge is 0.244 e. The Hall–Kier alpha value is -2.27. The summed E-state index contributed by atoms with van der Waals surface area (Å²) in [6.07, 6.45) is 7.36. The van der Waals surface area contributed by atoms with Crippen LogP contribution in [0.5, 0.6) is 0 Å². The number of carbonyl (C=O) groups excluding carboxylic acids is 1. The Morgan fingerprint density at radius 3 is 2.83 bits per heavy atom. The molecule has 1 amide bonds. The highest BCUT2D eigenvalue weighted by Gasteiger charge is 2.29. The first kappa shape index (κ1) is 15.6. The second-order valence-corrected chi connectivity index (χ2v) is 5.96. The molecule has 5 nitrogen and oxygen atoms in total. The third-order valence-corrected chi connectivity index (χ3v) is 4.27. The fraction of sp³-hybridized carbons (Fsp3) is 0.389. The zero-order chi connectivity index (χ0) is 16.1. The molecule has 0 bridgehead atoms. The van der Waals surface area contributed by atoms with Crippen LogP contribution in [0.1, 0.15) is 36.2 Å². The van der Waals surface area contributed by atoms with E-state index >= 15 is 0 Å². The van der Waals surface area contributed by atoms with Crippen LogP contribution in [0.4, 0.5) is 0 Å². The molecule has 122 valence electrons. The summed E-state index contributed by atoms with van der Waals surface area (Å²) in [6.45, 7) is 4.71. The first-order chi connectivity index (χ1) is 11.2. The highest BCUT2D eigenvalue weighted by atomic mass is 16.3. The van der Waals surface area contributed by atoms with Crippen molar-refractivity contribution in [1.29, 1.82) is 0 Å². The summed E-state index contributed by atoms with van der Waals surface area (Å²) >= 11 is 0. The number of nitrogens with one attached hydrogen (secondary N) is 2. The van der Waals surface area contributed by atoms with Gasteiger partial charge in [-0.1, -0.05) is 0 Å². The molecule has 0 aliphatic carbocycles. The van der Waals surface area contributed by atoms with Crippen LogP contribution in [0.2, 0.25) is 0 Å². The standard InChI is InChI=1S/C18H22N2O3/c1-14-6-7-15(23-14)8-9-18(21)19-13-16(17-5-4-12-22-17)20-10-2-3-11-20/h4-9,12,16H,2-3,10-11,13H2,1H3,(H,19,21)/p+1/b9-8+/t16-/m0/s1. The Morgan fingerprint density at radius 1 is 1.35 bits per heavy atom. The minimum Gasteiger partial charge on any atom is -0.463 e. The van der Waals surface area contributed by atoms with Crippen molar-refractivity contribution in [3.05, 3.63) is 53.9 Å². The van der Waals surface area contributed by atoms with Crippen LogP contribution in [0.25, 0.3) is 6.08 Å². The van der Waals surface area contributed by atoms with E-state index in [1.165, 1.54) is 23.8 Å². The molecule has 1 fully saturated rings. The molecule has 0 aromatic carbocycles. The van der Waals surface area contributed by atoms with Gasteiger partial charge in [0.05, 0.1) is 25.9 Å². The molecular formula is C18H23N2O3+. The molecule has 0 saturated carbocycles. The lowest BCUT2D eigenvalue weighted by Crippen LogP contribution is -3.11. The van der Waals surface area contributed by atoms with Gasteiger partial charge >= 0.3 is 0 Å². The van der Waals surface area contributed by atoms with Crippen LogP contribution in [-0.4, -0.2) is 25.5 Å². The fourth-order valence-corrected chi connectivity index (χ4v) is 3.08. The predicted octanol–water partition coefficient (Wildman–Crippen LogP) is 1.73. The highest BCUT2D eigenvalue weighted by Crippen LogP contribution is 2.11. The first-order valence-corrected chi connectivity index (χ1v) is 8.13. The SMILES string of the molecule is Cc1ccc(/C=C/C(=O)NC[C@@H](c2ccco2)[NH+]2CCCC2)o1. The summed E-state index contributed by atoms with van der Waals surface area (Å²) in [5.74, 6) is 2.34. The predicted molar refractivity (Wildman–Crippen MR) is 86.9 cm³/mol. The van der Waals surface area contributed by atoms with Crippen molar-refractivity contribution in [1.82, 2.24) is 5.32 Å². The van der Waals surface area contributed by atoms with Gasteiger partial charge in [0.25, 0.3) is 0 Å². The minimum atomic E-state index is -0.116. The summed E-state index contributed by atoms with van der Waals surface area (Å²) in [5, 5.41) is 2.98. The van der Waals surface area contributed by atoms with Crippen LogP contribution < -0.4 is 10.2 Å². The van der Waals surface area contributed by atoms with Gasteiger partial charge in [0.15, 0.2) is 11.8 Å². The van der Waals surface area contributed by atoms with E-state index in [9.17, 15) is 4.79 Å². The third kappa shape index (κ3) is 4.13. The maximum Gasteiger partial charge on any atom is 0.244 e. The van der Waals surface area contributed by atoms with Gasteiger partial charge < -0.3 is 19.1 Å². The van der Waals surface area contributed by atoms with E-state index < -0.39 is 0 Å². The summed E-state index contributed by atoms with van der Waals surface area (Å²) in [5.41, 5.74) is 0. The summed E-state index contributed by atoms with van der Waals surface area (Å²) < 4.78 is 11.0. The molecule has 3 rings (SSSR count). The monoisotopic (exact) mass is 315 g/mol. The summed E-state index contributed by atoms with van der Waals surface area (Å²) in [6, 6.07) is 7.79. The molecule has 5 heteroatoms. The summed E-state index contributed by atoms with van der Waals surface area (Å²) in [4.78, 5) is 13.5. The van der Waals surface area contributed by atoms with Crippen LogP contribution in [0.15, 0.2) is 45.4 Å². The lowest BCUT2D eigenvalue weighted by atomic mass is 10.2. The van der Waals surface area contributed by atoms with Crippen molar-refractivity contribution in [3.8, 4) is 0 Å². The Labute approximate surface area is 136 Å². The molecule has 23 heavy (non-hydrogen) atoms. The summed E-state index contributed by atoms with van der Waals surface area (Å²) in [7, 11) is 0.